The van der Waals surface area contributed by atoms with Gasteiger partial charge in [-0.05, 0) is 86.7 Å². The molecule has 2 heterocycles. The Balaban J connectivity index is 0.00000245. The zero-order chi connectivity index (χ0) is 21.4. The van der Waals surface area contributed by atoms with E-state index in [0.717, 1.165) is 31.2 Å². The number of benzene rings is 2. The maximum absolute atomic E-state index is 13.2. The van der Waals surface area contributed by atoms with Crippen molar-refractivity contribution >= 4 is 29.9 Å². The third kappa shape index (κ3) is 4.71. The summed E-state index contributed by atoms with van der Waals surface area (Å²) in [7, 11) is 0. The Morgan fingerprint density at radius 2 is 1.69 bits per heavy atom. The van der Waals surface area contributed by atoms with Gasteiger partial charge in [-0.15, -0.1) is 12.4 Å². The highest BCUT2D eigenvalue weighted by Crippen LogP contribution is 2.40. The van der Waals surface area contributed by atoms with Crippen molar-refractivity contribution in [3.8, 4) is 0 Å². The number of hydrogen-bond acceptors (Lipinski definition) is 2. The minimum atomic E-state index is 0. The zero-order valence-corrected chi connectivity index (χ0v) is 20.5. The minimum absolute atomic E-state index is 0. The van der Waals surface area contributed by atoms with Crippen LogP contribution in [0.2, 0.25) is 5.02 Å². The lowest BCUT2D eigenvalue weighted by atomic mass is 9.89. The summed E-state index contributed by atoms with van der Waals surface area (Å²) in [5, 5.41) is 0.640. The van der Waals surface area contributed by atoms with E-state index in [1.165, 1.54) is 43.5 Å². The van der Waals surface area contributed by atoms with Gasteiger partial charge in [-0.2, -0.15) is 0 Å². The van der Waals surface area contributed by atoms with Crippen molar-refractivity contribution in [2.75, 3.05) is 13.1 Å². The second-order valence-electron chi connectivity index (χ2n) is 9.77. The van der Waals surface area contributed by atoms with E-state index < -0.39 is 0 Å². The zero-order valence-electron chi connectivity index (χ0n) is 18.9. The predicted octanol–water partition coefficient (Wildman–Crippen LogP) is 6.02. The molecule has 2 fully saturated rings. The molecule has 2 aliphatic heterocycles. The van der Waals surface area contributed by atoms with E-state index in [2.05, 4.69) is 41.0 Å². The van der Waals surface area contributed by atoms with E-state index >= 15 is 0 Å². The number of halogens is 2. The average Bonchev–Trinajstić information content (AvgIpc) is 3.31. The molecule has 2 aromatic rings. The van der Waals surface area contributed by atoms with Crippen molar-refractivity contribution in [2.24, 2.45) is 5.92 Å². The van der Waals surface area contributed by atoms with Crippen molar-refractivity contribution in [3.63, 3.8) is 0 Å². The monoisotopic (exact) mass is 472 g/mol. The Hall–Kier alpha value is -1.55. The molecule has 32 heavy (non-hydrogen) atoms. The Morgan fingerprint density at radius 1 is 1.03 bits per heavy atom. The molecule has 1 unspecified atom stereocenters. The maximum atomic E-state index is 13.2. The van der Waals surface area contributed by atoms with Gasteiger partial charge in [0.25, 0.3) is 5.91 Å². The summed E-state index contributed by atoms with van der Waals surface area (Å²) >= 11 is 6.15. The van der Waals surface area contributed by atoms with Crippen LogP contribution in [0.5, 0.6) is 0 Å². The first-order chi connectivity index (χ1) is 15.1. The summed E-state index contributed by atoms with van der Waals surface area (Å²) in [5.74, 6) is 0.862. The van der Waals surface area contributed by atoms with E-state index in [-0.39, 0.29) is 18.3 Å². The molecule has 2 aromatic carbocycles. The van der Waals surface area contributed by atoms with Crippen molar-refractivity contribution in [3.05, 3.63) is 70.2 Å². The van der Waals surface area contributed by atoms with Gasteiger partial charge in [-0.25, -0.2) is 0 Å². The highest BCUT2D eigenvalue weighted by Gasteiger charge is 2.44. The summed E-state index contributed by atoms with van der Waals surface area (Å²) in [4.78, 5) is 18.2. The summed E-state index contributed by atoms with van der Waals surface area (Å²) in [6.45, 7) is 4.65. The van der Waals surface area contributed by atoms with Gasteiger partial charge in [-0.1, -0.05) is 48.9 Å². The third-order valence-corrected chi connectivity index (χ3v) is 7.92. The molecule has 0 radical (unpaired) electrons. The van der Waals surface area contributed by atoms with E-state index in [1.807, 2.05) is 24.3 Å². The molecule has 3 atom stereocenters. The largest absolute Gasteiger partial charge is 0.333 e. The number of nitrogens with zero attached hydrogens (tertiary/aromatic N) is 2. The Bertz CT molecular complexity index is 910. The first kappa shape index (κ1) is 23.6. The normalized spacial score (nSPS) is 24.5. The van der Waals surface area contributed by atoms with Gasteiger partial charge in [0.05, 0.1) is 0 Å². The predicted molar refractivity (Wildman–Crippen MR) is 134 cm³/mol. The number of carbonyl (C=O) groups is 1. The molecule has 5 heteroatoms. The highest BCUT2D eigenvalue weighted by atomic mass is 35.5. The van der Waals surface area contributed by atoms with Gasteiger partial charge in [0, 0.05) is 35.3 Å². The van der Waals surface area contributed by atoms with Gasteiger partial charge in [0.15, 0.2) is 0 Å². The Morgan fingerprint density at radius 3 is 2.28 bits per heavy atom. The van der Waals surface area contributed by atoms with Gasteiger partial charge < -0.3 is 4.90 Å². The highest BCUT2D eigenvalue weighted by molar-refractivity contribution is 6.30. The molecule has 1 aliphatic carbocycles. The van der Waals surface area contributed by atoms with Crippen LogP contribution in [-0.4, -0.2) is 46.9 Å². The molecule has 5 rings (SSSR count). The van der Waals surface area contributed by atoms with Crippen molar-refractivity contribution in [2.45, 2.75) is 70.0 Å². The molecular formula is C27H34Cl2N2O. The third-order valence-electron chi connectivity index (χ3n) is 7.69. The lowest BCUT2D eigenvalue weighted by molar-refractivity contribution is 0.0455. The van der Waals surface area contributed by atoms with Crippen LogP contribution in [0.1, 0.15) is 60.5 Å². The van der Waals surface area contributed by atoms with Crippen molar-refractivity contribution < 1.29 is 4.79 Å². The molecular weight excluding hydrogens is 439 g/mol. The minimum Gasteiger partial charge on any atom is -0.333 e. The van der Waals surface area contributed by atoms with E-state index in [1.54, 1.807) is 0 Å². The van der Waals surface area contributed by atoms with Crippen LogP contribution in [0.4, 0.5) is 0 Å². The fraction of sp³-hybridized carbons (Fsp3) is 0.519. The van der Waals surface area contributed by atoms with Gasteiger partial charge in [-0.3, -0.25) is 9.69 Å². The second kappa shape index (κ2) is 10.2. The fourth-order valence-electron chi connectivity index (χ4n) is 6.38. The smallest absolute Gasteiger partial charge is 0.254 e. The van der Waals surface area contributed by atoms with Crippen LogP contribution in [0.25, 0.3) is 0 Å². The summed E-state index contributed by atoms with van der Waals surface area (Å²) < 4.78 is 0. The topological polar surface area (TPSA) is 23.6 Å². The molecule has 0 N–H and O–H groups in total. The first-order valence-corrected chi connectivity index (χ1v) is 12.4. The molecule has 172 valence electrons. The van der Waals surface area contributed by atoms with E-state index in [4.69, 9.17) is 11.6 Å². The van der Waals surface area contributed by atoms with E-state index in [9.17, 15) is 4.79 Å². The van der Waals surface area contributed by atoms with Crippen LogP contribution in [0, 0.1) is 5.92 Å². The maximum Gasteiger partial charge on any atom is 0.254 e. The van der Waals surface area contributed by atoms with Gasteiger partial charge >= 0.3 is 0 Å². The Labute approximate surface area is 203 Å². The molecule has 0 aromatic heterocycles. The molecule has 2 saturated heterocycles. The van der Waals surface area contributed by atoms with Crippen LogP contribution in [0.3, 0.4) is 0 Å². The van der Waals surface area contributed by atoms with Crippen LogP contribution >= 0.6 is 24.0 Å². The summed E-state index contributed by atoms with van der Waals surface area (Å²) in [6.07, 6.45) is 8.16. The van der Waals surface area contributed by atoms with Crippen LogP contribution < -0.4 is 0 Å². The molecule has 3 aliphatic rings. The van der Waals surface area contributed by atoms with Gasteiger partial charge in [0.2, 0.25) is 0 Å². The van der Waals surface area contributed by atoms with Crippen LogP contribution in [-0.2, 0) is 12.8 Å². The molecule has 0 saturated carbocycles. The van der Waals surface area contributed by atoms with Crippen molar-refractivity contribution in [1.82, 2.24) is 9.80 Å². The van der Waals surface area contributed by atoms with E-state index in [0.29, 0.717) is 29.1 Å². The average molecular weight is 473 g/mol. The second-order valence-corrected chi connectivity index (χ2v) is 10.2. The number of amides is 1. The summed E-state index contributed by atoms with van der Waals surface area (Å²) in [6, 6.07) is 17.8. The molecule has 3 nitrogen and oxygen atoms in total. The van der Waals surface area contributed by atoms with Crippen LogP contribution in [0.15, 0.2) is 48.5 Å². The fourth-order valence-corrected chi connectivity index (χ4v) is 6.57. The number of carbonyl (C=O) groups excluding carboxylic acids is 1. The first-order valence-electron chi connectivity index (χ1n) is 12.0. The molecule has 0 spiro atoms. The SMILES string of the molecule is CCCN(CC1C[C@H]2CC[C@@H](C1)N2C(=O)c1cccc(Cl)c1)C1Cc2ccccc2C1.Cl. The number of hydrogen-bond donors (Lipinski definition) is 0. The van der Waals surface area contributed by atoms with Gasteiger partial charge in [0.1, 0.15) is 0 Å². The van der Waals surface area contributed by atoms with Crippen molar-refractivity contribution in [1.29, 1.82) is 0 Å². The quantitative estimate of drug-likeness (QED) is 0.512. The molecule has 1 amide bonds. The summed E-state index contributed by atoms with van der Waals surface area (Å²) in [5.41, 5.74) is 3.81. The molecule has 2 bridgehead atoms. The number of rotatable bonds is 6. The Kier molecular flexibility index (Phi) is 7.49. The lowest BCUT2D eigenvalue weighted by Crippen LogP contribution is -2.49. The lowest BCUT2D eigenvalue weighted by Gasteiger charge is -2.41. The number of piperidine rings is 1. The number of fused-ring (bicyclic) bond motifs is 3. The standard InChI is InChI=1S/C27H33ClN2O.ClH/c1-2-12-29(26-16-20-6-3-4-7-21(20)17-26)18-19-13-24-10-11-25(14-19)30(24)27(31)22-8-5-9-23(28)15-22;/h3-9,15,19,24-26H,2,10-14,16-18H2,1H3;1H/t19?,24-,25+;.